The predicted octanol–water partition coefficient (Wildman–Crippen LogP) is 1.92. The first-order valence-corrected chi connectivity index (χ1v) is 4.63. The van der Waals surface area contributed by atoms with E-state index in [2.05, 4.69) is 4.89 Å². The van der Waals surface area contributed by atoms with E-state index >= 15 is 0 Å². The summed E-state index contributed by atoms with van der Waals surface area (Å²) in [6, 6.07) is 5.66. The van der Waals surface area contributed by atoms with Crippen LogP contribution in [0.15, 0.2) is 18.2 Å². The van der Waals surface area contributed by atoms with Crippen molar-refractivity contribution in [2.24, 2.45) is 0 Å². The molecule has 0 aliphatic rings. The molecule has 0 amide bonds. The first kappa shape index (κ1) is 10.8. The summed E-state index contributed by atoms with van der Waals surface area (Å²) in [4.78, 5) is 4.36. The fourth-order valence-electron chi connectivity index (χ4n) is 1.54. The Labute approximate surface area is 84.1 Å². The van der Waals surface area contributed by atoms with Crippen molar-refractivity contribution in [2.45, 2.75) is 27.7 Å². The van der Waals surface area contributed by atoms with Gasteiger partial charge in [-0.15, -0.1) is 0 Å². The summed E-state index contributed by atoms with van der Waals surface area (Å²) in [5, 5.41) is 10.9. The molecule has 14 heavy (non-hydrogen) atoms. The molecular weight excluding hydrogens is 176 g/mol. The van der Waals surface area contributed by atoms with Crippen LogP contribution < -0.4 is 15.3 Å². The number of hydrogen-bond acceptors (Lipinski definition) is 2. The first-order chi connectivity index (χ1) is 6.57. The quantitative estimate of drug-likeness (QED) is 0.544. The zero-order chi connectivity index (χ0) is 10.7. The normalized spacial score (nSPS) is 9.79. The molecule has 0 saturated heterocycles. The molecule has 2 heteroatoms. The molecule has 1 aromatic rings. The van der Waals surface area contributed by atoms with Gasteiger partial charge in [-0.05, 0) is 39.0 Å². The van der Waals surface area contributed by atoms with E-state index in [1.165, 1.54) is 5.57 Å². The van der Waals surface area contributed by atoms with Gasteiger partial charge in [-0.2, -0.15) is 0 Å². The third-order valence-corrected chi connectivity index (χ3v) is 2.16. The molecule has 0 fully saturated rings. The molecule has 0 unspecified atom stereocenters. The van der Waals surface area contributed by atoms with Crippen LogP contribution in [0.2, 0.25) is 0 Å². The average molecular weight is 192 g/mol. The molecule has 0 saturated carbocycles. The Morgan fingerprint density at radius 2 is 1.71 bits per heavy atom. The van der Waals surface area contributed by atoms with E-state index in [1.54, 1.807) is 6.07 Å². The monoisotopic (exact) mass is 192 g/mol. The summed E-state index contributed by atoms with van der Waals surface area (Å²) in [6.07, 6.45) is 0. The summed E-state index contributed by atoms with van der Waals surface area (Å²) in [5.74, 6) is 0.517. The highest BCUT2D eigenvalue weighted by atomic mass is 17.1. The van der Waals surface area contributed by atoms with Crippen molar-refractivity contribution in [1.29, 1.82) is 0 Å². The van der Waals surface area contributed by atoms with E-state index in [4.69, 9.17) is 5.26 Å². The molecule has 2 nitrogen and oxygen atoms in total. The van der Waals surface area contributed by atoms with E-state index in [0.717, 1.165) is 16.0 Å². The second-order valence-electron chi connectivity index (χ2n) is 3.77. The lowest BCUT2D eigenvalue weighted by Crippen LogP contribution is -2.28. The van der Waals surface area contributed by atoms with E-state index in [0.29, 0.717) is 5.75 Å². The zero-order valence-electron chi connectivity index (χ0n) is 9.09. The summed E-state index contributed by atoms with van der Waals surface area (Å²) >= 11 is 0. The molecule has 0 radical (unpaired) electrons. The average Bonchev–Trinajstić information content (AvgIpc) is 2.16. The van der Waals surface area contributed by atoms with Crippen LogP contribution in [0.1, 0.15) is 27.7 Å². The highest BCUT2D eigenvalue weighted by Crippen LogP contribution is 2.01. The van der Waals surface area contributed by atoms with Crippen LogP contribution in [-0.2, 0) is 0 Å². The Morgan fingerprint density at radius 1 is 1.07 bits per heavy atom. The van der Waals surface area contributed by atoms with Gasteiger partial charge in [0.15, 0.2) is 5.75 Å². The van der Waals surface area contributed by atoms with Crippen LogP contribution in [0.25, 0.3) is 11.1 Å². The van der Waals surface area contributed by atoms with Gasteiger partial charge >= 0.3 is 0 Å². The lowest BCUT2D eigenvalue weighted by atomic mass is 10.1. The lowest BCUT2D eigenvalue weighted by Gasteiger charge is -2.02. The standard InChI is InChI=1S/C12H16O2/c1-8(2)10-6-5-7-11(14-13)12(10)9(3)4/h5-7,13H,1-4H3. The van der Waals surface area contributed by atoms with Crippen LogP contribution in [0.3, 0.4) is 0 Å². The molecular formula is C12H16O2. The molecule has 0 aliphatic carbocycles. The van der Waals surface area contributed by atoms with Gasteiger partial charge in [0.25, 0.3) is 0 Å². The minimum Gasteiger partial charge on any atom is -0.340 e. The molecule has 76 valence electrons. The Bertz CT molecular complexity index is 436. The van der Waals surface area contributed by atoms with Gasteiger partial charge in [-0.1, -0.05) is 23.3 Å². The summed E-state index contributed by atoms with van der Waals surface area (Å²) < 4.78 is 0. The van der Waals surface area contributed by atoms with Gasteiger partial charge in [0.2, 0.25) is 0 Å². The number of benzene rings is 1. The van der Waals surface area contributed by atoms with E-state index < -0.39 is 0 Å². The van der Waals surface area contributed by atoms with Crippen molar-refractivity contribution in [3.63, 3.8) is 0 Å². The molecule has 1 rings (SSSR count). The van der Waals surface area contributed by atoms with Crippen LogP contribution >= 0.6 is 0 Å². The van der Waals surface area contributed by atoms with Crippen molar-refractivity contribution in [3.05, 3.63) is 28.6 Å². The van der Waals surface area contributed by atoms with Crippen LogP contribution in [0.4, 0.5) is 0 Å². The highest BCUT2D eigenvalue weighted by molar-refractivity contribution is 5.50. The molecule has 0 atom stereocenters. The summed E-state index contributed by atoms with van der Waals surface area (Å²) in [6.45, 7) is 8.10. The minimum atomic E-state index is 0.517. The SMILES string of the molecule is CC(C)=c1cccc(OO)c1=C(C)C. The highest BCUT2D eigenvalue weighted by Gasteiger charge is 1.99. The maximum Gasteiger partial charge on any atom is 0.172 e. The summed E-state index contributed by atoms with van der Waals surface area (Å²) in [7, 11) is 0. The Morgan fingerprint density at radius 3 is 2.14 bits per heavy atom. The van der Waals surface area contributed by atoms with Gasteiger partial charge in [0.1, 0.15) is 0 Å². The third kappa shape index (κ3) is 1.96. The van der Waals surface area contributed by atoms with E-state index in [9.17, 15) is 0 Å². The van der Waals surface area contributed by atoms with Crippen molar-refractivity contribution >= 4 is 11.1 Å². The minimum absolute atomic E-state index is 0.517. The molecule has 0 heterocycles. The molecule has 1 N–H and O–H groups in total. The molecule has 0 spiro atoms. The van der Waals surface area contributed by atoms with Crippen molar-refractivity contribution in [3.8, 4) is 5.75 Å². The van der Waals surface area contributed by atoms with Gasteiger partial charge in [-0.3, -0.25) is 0 Å². The maximum absolute atomic E-state index is 8.75. The first-order valence-electron chi connectivity index (χ1n) is 4.63. The van der Waals surface area contributed by atoms with E-state index in [-0.39, 0.29) is 0 Å². The predicted molar refractivity (Wildman–Crippen MR) is 58.5 cm³/mol. The maximum atomic E-state index is 8.75. The van der Waals surface area contributed by atoms with Gasteiger partial charge in [0, 0.05) is 5.22 Å². The fraction of sp³-hybridized carbons (Fsp3) is 0.333. The van der Waals surface area contributed by atoms with Crippen molar-refractivity contribution in [2.75, 3.05) is 0 Å². The largest absolute Gasteiger partial charge is 0.340 e. The van der Waals surface area contributed by atoms with Gasteiger partial charge in [0.05, 0.1) is 0 Å². The lowest BCUT2D eigenvalue weighted by molar-refractivity contribution is -0.138. The van der Waals surface area contributed by atoms with Gasteiger partial charge in [-0.25, -0.2) is 5.26 Å². The Kier molecular flexibility index (Phi) is 3.31. The molecule has 0 aliphatic heterocycles. The second kappa shape index (κ2) is 4.29. The van der Waals surface area contributed by atoms with Crippen LogP contribution in [0, 0.1) is 0 Å². The zero-order valence-corrected chi connectivity index (χ0v) is 9.09. The van der Waals surface area contributed by atoms with Crippen LogP contribution in [0.5, 0.6) is 5.75 Å². The van der Waals surface area contributed by atoms with Crippen molar-refractivity contribution < 1.29 is 10.1 Å². The van der Waals surface area contributed by atoms with Crippen LogP contribution in [-0.4, -0.2) is 5.26 Å². The van der Waals surface area contributed by atoms with Crippen molar-refractivity contribution in [1.82, 2.24) is 0 Å². The fourth-order valence-corrected chi connectivity index (χ4v) is 1.54. The second-order valence-corrected chi connectivity index (χ2v) is 3.77. The smallest absolute Gasteiger partial charge is 0.172 e. The summed E-state index contributed by atoms with van der Waals surface area (Å²) in [5.41, 5.74) is 2.34. The van der Waals surface area contributed by atoms with E-state index in [1.807, 2.05) is 39.8 Å². The van der Waals surface area contributed by atoms with Gasteiger partial charge < -0.3 is 4.89 Å². The molecule has 0 aromatic heterocycles. The topological polar surface area (TPSA) is 29.5 Å². The number of rotatable bonds is 1. The number of hydrogen-bond donors (Lipinski definition) is 1. The Balaban J connectivity index is 3.83. The molecule has 1 aromatic carbocycles. The molecule has 0 bridgehead atoms. The Hall–Kier alpha value is -1.28. The third-order valence-electron chi connectivity index (χ3n) is 2.16.